The monoisotopic (exact) mass is 299 g/mol. The van der Waals surface area contributed by atoms with E-state index in [0.717, 1.165) is 5.56 Å². The molecular formula is C14H21NO4S. The van der Waals surface area contributed by atoms with E-state index in [1.54, 1.807) is 26.0 Å². The Morgan fingerprint density at radius 2 is 1.75 bits per heavy atom. The molecule has 0 saturated carbocycles. The molecule has 0 aliphatic rings. The molecule has 0 amide bonds. The van der Waals surface area contributed by atoms with Crippen LogP contribution in [0.3, 0.4) is 0 Å². The summed E-state index contributed by atoms with van der Waals surface area (Å²) in [7, 11) is -3.72. The van der Waals surface area contributed by atoms with Crippen molar-refractivity contribution in [3.63, 3.8) is 0 Å². The number of carbonyl (C=O) groups is 1. The molecule has 0 aliphatic carbocycles. The smallest absolute Gasteiger partial charge is 0.305 e. The first-order valence-corrected chi connectivity index (χ1v) is 7.87. The lowest BCUT2D eigenvalue weighted by Gasteiger charge is -2.24. The maximum Gasteiger partial charge on any atom is 0.305 e. The molecule has 6 heteroatoms. The van der Waals surface area contributed by atoms with Gasteiger partial charge in [0, 0.05) is 5.54 Å². The molecule has 0 aromatic heterocycles. The molecule has 0 heterocycles. The first kappa shape index (κ1) is 16.7. The molecule has 0 fully saturated rings. The number of sulfonamides is 1. The van der Waals surface area contributed by atoms with E-state index in [2.05, 4.69) is 4.72 Å². The van der Waals surface area contributed by atoms with Gasteiger partial charge >= 0.3 is 5.97 Å². The highest BCUT2D eigenvalue weighted by Crippen LogP contribution is 2.19. The Morgan fingerprint density at radius 3 is 2.15 bits per heavy atom. The van der Waals surface area contributed by atoms with Gasteiger partial charge in [-0.2, -0.15) is 0 Å². The zero-order valence-corrected chi connectivity index (χ0v) is 13.0. The first-order chi connectivity index (χ1) is 9.03. The van der Waals surface area contributed by atoms with Gasteiger partial charge in [0.05, 0.1) is 11.3 Å². The molecule has 0 bridgehead atoms. The number of carboxylic acids is 1. The van der Waals surface area contributed by atoms with Crippen molar-refractivity contribution in [2.75, 3.05) is 0 Å². The standard InChI is InChI=1S/C14H21NO4S/c1-10(2)11-5-7-12(8-6-11)20(18,19)15-14(3,4)9-13(16)17/h5-8,10,15H,9H2,1-4H3,(H,16,17). The second kappa shape index (κ2) is 5.93. The van der Waals surface area contributed by atoms with Gasteiger partial charge < -0.3 is 5.11 Å². The average Bonchev–Trinajstić information content (AvgIpc) is 2.25. The van der Waals surface area contributed by atoms with Crippen LogP contribution < -0.4 is 4.72 Å². The lowest BCUT2D eigenvalue weighted by Crippen LogP contribution is -2.44. The van der Waals surface area contributed by atoms with Crippen molar-refractivity contribution in [1.82, 2.24) is 4.72 Å². The third-order valence-corrected chi connectivity index (χ3v) is 4.57. The molecule has 20 heavy (non-hydrogen) atoms. The summed E-state index contributed by atoms with van der Waals surface area (Å²) >= 11 is 0. The molecule has 0 saturated heterocycles. The Kier molecular flexibility index (Phi) is 4.94. The number of rotatable bonds is 6. The van der Waals surface area contributed by atoms with Crippen LogP contribution in [-0.2, 0) is 14.8 Å². The second-order valence-electron chi connectivity index (χ2n) is 5.78. The summed E-state index contributed by atoms with van der Waals surface area (Å²) in [4.78, 5) is 10.9. The SMILES string of the molecule is CC(C)c1ccc(S(=O)(=O)NC(C)(C)CC(=O)O)cc1. The lowest BCUT2D eigenvalue weighted by atomic mass is 10.0. The van der Waals surface area contributed by atoms with Gasteiger partial charge in [-0.1, -0.05) is 26.0 Å². The molecule has 112 valence electrons. The second-order valence-corrected chi connectivity index (χ2v) is 7.47. The van der Waals surface area contributed by atoms with Crippen LogP contribution in [-0.4, -0.2) is 25.0 Å². The summed E-state index contributed by atoms with van der Waals surface area (Å²) in [5, 5.41) is 8.78. The number of nitrogens with one attached hydrogen (secondary N) is 1. The minimum absolute atomic E-state index is 0.139. The van der Waals surface area contributed by atoms with Gasteiger partial charge in [0.15, 0.2) is 0 Å². The van der Waals surface area contributed by atoms with Crippen LogP contribution in [0.2, 0.25) is 0 Å². The maximum atomic E-state index is 12.2. The van der Waals surface area contributed by atoms with Crippen LogP contribution in [0.25, 0.3) is 0 Å². The summed E-state index contributed by atoms with van der Waals surface area (Å²) in [5.41, 5.74) is 0.00947. The predicted octanol–water partition coefficient (Wildman–Crippen LogP) is 2.34. The molecule has 1 aromatic carbocycles. The van der Waals surface area contributed by atoms with E-state index in [1.807, 2.05) is 13.8 Å². The van der Waals surface area contributed by atoms with Crippen LogP contribution in [0, 0.1) is 0 Å². The molecule has 1 aromatic rings. The highest BCUT2D eigenvalue weighted by molar-refractivity contribution is 7.89. The molecule has 1 rings (SSSR count). The van der Waals surface area contributed by atoms with Crippen molar-refractivity contribution in [1.29, 1.82) is 0 Å². The molecule has 5 nitrogen and oxygen atoms in total. The molecule has 2 N–H and O–H groups in total. The molecule has 0 radical (unpaired) electrons. The molecule has 0 spiro atoms. The molecule has 0 unspecified atom stereocenters. The van der Waals surface area contributed by atoms with Crippen molar-refractivity contribution < 1.29 is 18.3 Å². The quantitative estimate of drug-likeness (QED) is 0.844. The summed E-state index contributed by atoms with van der Waals surface area (Å²) < 4.78 is 26.8. The Morgan fingerprint density at radius 1 is 1.25 bits per heavy atom. The molecule has 0 atom stereocenters. The summed E-state index contributed by atoms with van der Waals surface area (Å²) in [5.74, 6) is -0.726. The summed E-state index contributed by atoms with van der Waals surface area (Å²) in [6, 6.07) is 6.61. The van der Waals surface area contributed by atoms with Gasteiger partial charge in [-0.3, -0.25) is 4.79 Å². The van der Waals surface area contributed by atoms with Gasteiger partial charge in [0.25, 0.3) is 0 Å². The van der Waals surface area contributed by atoms with E-state index in [-0.39, 0.29) is 11.3 Å². The van der Waals surface area contributed by atoms with E-state index < -0.39 is 21.5 Å². The van der Waals surface area contributed by atoms with Crippen LogP contribution in [0.5, 0.6) is 0 Å². The fourth-order valence-corrected chi connectivity index (χ4v) is 3.28. The van der Waals surface area contributed by atoms with E-state index in [0.29, 0.717) is 5.92 Å². The van der Waals surface area contributed by atoms with Gasteiger partial charge in [0.1, 0.15) is 0 Å². The fraction of sp³-hybridized carbons (Fsp3) is 0.500. The maximum absolute atomic E-state index is 12.2. The Labute approximate surface area is 120 Å². The largest absolute Gasteiger partial charge is 0.481 e. The van der Waals surface area contributed by atoms with Crippen LogP contribution in [0.4, 0.5) is 0 Å². The Hall–Kier alpha value is -1.40. The zero-order chi connectivity index (χ0) is 15.6. The van der Waals surface area contributed by atoms with Gasteiger partial charge in [-0.25, -0.2) is 13.1 Å². The van der Waals surface area contributed by atoms with Crippen molar-refractivity contribution in [3.05, 3.63) is 29.8 Å². The van der Waals surface area contributed by atoms with Crippen molar-refractivity contribution in [2.45, 2.75) is 50.5 Å². The average molecular weight is 299 g/mol. The minimum atomic E-state index is -3.72. The van der Waals surface area contributed by atoms with E-state index in [4.69, 9.17) is 5.11 Å². The van der Waals surface area contributed by atoms with Crippen molar-refractivity contribution in [3.8, 4) is 0 Å². The highest BCUT2D eigenvalue weighted by atomic mass is 32.2. The van der Waals surface area contributed by atoms with Crippen LogP contribution in [0.1, 0.15) is 45.6 Å². The summed E-state index contributed by atoms with van der Waals surface area (Å²) in [6.07, 6.45) is -0.281. The van der Waals surface area contributed by atoms with Gasteiger partial charge in [-0.05, 0) is 37.5 Å². The molecule has 0 aliphatic heterocycles. The topological polar surface area (TPSA) is 83.5 Å². The minimum Gasteiger partial charge on any atom is -0.481 e. The fourth-order valence-electron chi connectivity index (χ4n) is 1.87. The number of benzene rings is 1. The first-order valence-electron chi connectivity index (χ1n) is 6.39. The third-order valence-electron chi connectivity index (χ3n) is 2.86. The van der Waals surface area contributed by atoms with Gasteiger partial charge in [0.2, 0.25) is 10.0 Å². The van der Waals surface area contributed by atoms with E-state index in [9.17, 15) is 13.2 Å². The number of hydrogen-bond acceptors (Lipinski definition) is 3. The van der Waals surface area contributed by atoms with Crippen molar-refractivity contribution in [2.24, 2.45) is 0 Å². The molecular weight excluding hydrogens is 278 g/mol. The highest BCUT2D eigenvalue weighted by Gasteiger charge is 2.28. The Balaban J connectivity index is 2.96. The third kappa shape index (κ3) is 4.61. The van der Waals surface area contributed by atoms with Gasteiger partial charge in [-0.15, -0.1) is 0 Å². The number of aliphatic carboxylic acids is 1. The predicted molar refractivity (Wildman–Crippen MR) is 77.2 cm³/mol. The number of carboxylic acid groups (broad SMARTS) is 1. The number of hydrogen-bond donors (Lipinski definition) is 2. The van der Waals surface area contributed by atoms with Crippen LogP contribution >= 0.6 is 0 Å². The lowest BCUT2D eigenvalue weighted by molar-refractivity contribution is -0.138. The van der Waals surface area contributed by atoms with Crippen LogP contribution in [0.15, 0.2) is 29.2 Å². The normalized spacial score (nSPS) is 12.7. The summed E-state index contributed by atoms with van der Waals surface area (Å²) in [6.45, 7) is 7.14. The Bertz CT molecular complexity index is 574. The van der Waals surface area contributed by atoms with Crippen molar-refractivity contribution >= 4 is 16.0 Å². The van der Waals surface area contributed by atoms with E-state index >= 15 is 0 Å². The van der Waals surface area contributed by atoms with E-state index in [1.165, 1.54) is 12.1 Å². The zero-order valence-electron chi connectivity index (χ0n) is 12.2.